The maximum Gasteiger partial charge on any atom is 0.356 e. The average Bonchev–Trinajstić information content (AvgIpc) is 2.72. The number of hydrogen-bond acceptors (Lipinski definition) is 4. The summed E-state index contributed by atoms with van der Waals surface area (Å²) in [5.74, 6) is -0.254. The Hall–Kier alpha value is -1.97. The van der Waals surface area contributed by atoms with Crippen molar-refractivity contribution in [3.05, 3.63) is 47.3 Å². The smallest absolute Gasteiger partial charge is 0.356 e. The van der Waals surface area contributed by atoms with E-state index in [1.807, 2.05) is 36.9 Å². The van der Waals surface area contributed by atoms with E-state index in [-0.39, 0.29) is 5.97 Å². The first-order chi connectivity index (χ1) is 8.72. The third-order valence-corrected chi connectivity index (χ3v) is 2.89. The normalized spacial score (nSPS) is 14.7. The molecule has 1 aliphatic rings. The lowest BCUT2D eigenvalue weighted by Crippen LogP contribution is -2.27. The van der Waals surface area contributed by atoms with Crippen LogP contribution in [0.4, 0.5) is 0 Å². The van der Waals surface area contributed by atoms with Crippen molar-refractivity contribution in [3.8, 4) is 0 Å². The Kier molecular flexibility index (Phi) is 3.87. The molecule has 1 heterocycles. The predicted molar refractivity (Wildman–Crippen MR) is 69.3 cm³/mol. The van der Waals surface area contributed by atoms with Crippen molar-refractivity contribution < 1.29 is 9.53 Å². The van der Waals surface area contributed by atoms with E-state index in [0.29, 0.717) is 25.5 Å². The Morgan fingerprint density at radius 2 is 2.11 bits per heavy atom. The predicted octanol–water partition coefficient (Wildman–Crippen LogP) is 1.84. The van der Waals surface area contributed by atoms with Crippen LogP contribution in [0.3, 0.4) is 0 Å². The van der Waals surface area contributed by atoms with Gasteiger partial charge in [0.1, 0.15) is 5.70 Å². The Bertz CT molecular complexity index is 454. The molecular formula is C14H18N2O2. The van der Waals surface area contributed by atoms with Crippen LogP contribution in [0.5, 0.6) is 0 Å². The summed E-state index contributed by atoms with van der Waals surface area (Å²) in [5, 5.41) is 3.18. The number of ether oxygens (including phenoxy) is 1. The van der Waals surface area contributed by atoms with E-state index >= 15 is 0 Å². The van der Waals surface area contributed by atoms with Crippen LogP contribution in [0.15, 0.2) is 41.7 Å². The van der Waals surface area contributed by atoms with E-state index in [0.717, 1.165) is 5.70 Å². The van der Waals surface area contributed by atoms with Crippen LogP contribution in [0, 0.1) is 0 Å². The Labute approximate surface area is 107 Å². The number of carbonyl (C=O) groups excluding carboxylic acids is 1. The van der Waals surface area contributed by atoms with Gasteiger partial charge < -0.3 is 15.0 Å². The molecule has 1 aromatic carbocycles. The zero-order valence-electron chi connectivity index (χ0n) is 10.8. The zero-order valence-corrected chi connectivity index (χ0v) is 10.8. The summed E-state index contributed by atoms with van der Waals surface area (Å²) >= 11 is 0. The fourth-order valence-corrected chi connectivity index (χ4v) is 2.03. The second-order valence-corrected chi connectivity index (χ2v) is 4.21. The summed E-state index contributed by atoms with van der Waals surface area (Å²) in [6, 6.07) is 10.1. The van der Waals surface area contributed by atoms with Crippen molar-refractivity contribution in [1.29, 1.82) is 0 Å². The third kappa shape index (κ3) is 2.64. The van der Waals surface area contributed by atoms with E-state index in [1.165, 1.54) is 5.56 Å². The number of carbonyl (C=O) groups is 1. The minimum Gasteiger partial charge on any atom is -0.461 e. The summed E-state index contributed by atoms with van der Waals surface area (Å²) in [4.78, 5) is 13.9. The SMILES string of the molecule is CCOC(=O)C1=C(C)NCN1Cc1ccccc1. The largest absolute Gasteiger partial charge is 0.461 e. The molecule has 0 unspecified atom stereocenters. The molecule has 0 fully saturated rings. The molecule has 0 radical (unpaired) electrons. The van der Waals surface area contributed by atoms with E-state index < -0.39 is 0 Å². The quantitative estimate of drug-likeness (QED) is 0.823. The molecule has 1 N–H and O–H groups in total. The lowest BCUT2D eigenvalue weighted by Gasteiger charge is -2.20. The fraction of sp³-hybridized carbons (Fsp3) is 0.357. The molecular weight excluding hydrogens is 228 g/mol. The molecule has 0 atom stereocenters. The Morgan fingerprint density at radius 1 is 1.39 bits per heavy atom. The molecule has 18 heavy (non-hydrogen) atoms. The number of hydrogen-bond donors (Lipinski definition) is 1. The molecule has 4 nitrogen and oxygen atoms in total. The van der Waals surface area contributed by atoms with Gasteiger partial charge in [0.15, 0.2) is 0 Å². The molecule has 0 aromatic heterocycles. The highest BCUT2D eigenvalue weighted by atomic mass is 16.5. The monoisotopic (exact) mass is 246 g/mol. The molecule has 0 spiro atoms. The molecule has 0 saturated heterocycles. The van der Waals surface area contributed by atoms with Gasteiger partial charge in [-0.05, 0) is 19.4 Å². The highest BCUT2D eigenvalue weighted by molar-refractivity contribution is 5.89. The first kappa shape index (κ1) is 12.5. The summed E-state index contributed by atoms with van der Waals surface area (Å²) in [7, 11) is 0. The fourth-order valence-electron chi connectivity index (χ4n) is 2.03. The van der Waals surface area contributed by atoms with Crippen LogP contribution < -0.4 is 5.32 Å². The second kappa shape index (κ2) is 5.58. The van der Waals surface area contributed by atoms with Gasteiger partial charge in [-0.2, -0.15) is 0 Å². The molecule has 0 amide bonds. The van der Waals surface area contributed by atoms with Gasteiger partial charge in [0, 0.05) is 12.2 Å². The molecule has 0 aliphatic carbocycles. The first-order valence-electron chi connectivity index (χ1n) is 6.13. The highest BCUT2D eigenvalue weighted by Gasteiger charge is 2.26. The van der Waals surface area contributed by atoms with Gasteiger partial charge in [-0.1, -0.05) is 30.3 Å². The number of benzene rings is 1. The summed E-state index contributed by atoms with van der Waals surface area (Å²) in [6.07, 6.45) is 0. The van der Waals surface area contributed by atoms with Crippen LogP contribution in [-0.4, -0.2) is 24.1 Å². The Balaban J connectivity index is 2.12. The molecule has 0 saturated carbocycles. The van der Waals surface area contributed by atoms with Gasteiger partial charge in [0.2, 0.25) is 0 Å². The lowest BCUT2D eigenvalue weighted by atomic mass is 10.2. The van der Waals surface area contributed by atoms with Crippen LogP contribution in [0.2, 0.25) is 0 Å². The minimum atomic E-state index is -0.254. The van der Waals surface area contributed by atoms with Gasteiger partial charge in [-0.25, -0.2) is 4.79 Å². The van der Waals surface area contributed by atoms with Crippen molar-refractivity contribution in [2.75, 3.05) is 13.3 Å². The van der Waals surface area contributed by atoms with Crippen LogP contribution in [0.1, 0.15) is 19.4 Å². The van der Waals surface area contributed by atoms with Crippen molar-refractivity contribution in [2.24, 2.45) is 0 Å². The van der Waals surface area contributed by atoms with Crippen molar-refractivity contribution in [3.63, 3.8) is 0 Å². The molecule has 1 aliphatic heterocycles. The van der Waals surface area contributed by atoms with Crippen molar-refractivity contribution in [1.82, 2.24) is 10.2 Å². The van der Waals surface area contributed by atoms with Gasteiger partial charge in [0.25, 0.3) is 0 Å². The lowest BCUT2D eigenvalue weighted by molar-refractivity contribution is -0.140. The van der Waals surface area contributed by atoms with Gasteiger partial charge in [0.05, 0.1) is 13.3 Å². The second-order valence-electron chi connectivity index (χ2n) is 4.21. The molecule has 4 heteroatoms. The third-order valence-electron chi connectivity index (χ3n) is 2.89. The standard InChI is InChI=1S/C14H18N2O2/c1-3-18-14(17)13-11(2)15-10-16(13)9-12-7-5-4-6-8-12/h4-8,15H,3,9-10H2,1-2H3. The number of esters is 1. The maximum absolute atomic E-state index is 11.9. The van der Waals surface area contributed by atoms with Crippen LogP contribution in [0.25, 0.3) is 0 Å². The van der Waals surface area contributed by atoms with Gasteiger partial charge >= 0.3 is 5.97 Å². The average molecular weight is 246 g/mol. The highest BCUT2D eigenvalue weighted by Crippen LogP contribution is 2.19. The molecule has 1 aromatic rings. The maximum atomic E-state index is 11.9. The van der Waals surface area contributed by atoms with Crippen LogP contribution in [-0.2, 0) is 16.1 Å². The van der Waals surface area contributed by atoms with E-state index in [1.54, 1.807) is 0 Å². The summed E-state index contributed by atoms with van der Waals surface area (Å²) in [5.41, 5.74) is 2.70. The van der Waals surface area contributed by atoms with Crippen molar-refractivity contribution >= 4 is 5.97 Å². The summed E-state index contributed by atoms with van der Waals surface area (Å²) < 4.78 is 5.09. The van der Waals surface area contributed by atoms with E-state index in [4.69, 9.17) is 4.74 Å². The molecule has 2 rings (SSSR count). The van der Waals surface area contributed by atoms with Gasteiger partial charge in [-0.3, -0.25) is 0 Å². The zero-order chi connectivity index (χ0) is 13.0. The minimum absolute atomic E-state index is 0.254. The number of allylic oxidation sites excluding steroid dienone is 1. The van der Waals surface area contributed by atoms with Gasteiger partial charge in [-0.15, -0.1) is 0 Å². The topological polar surface area (TPSA) is 41.6 Å². The first-order valence-corrected chi connectivity index (χ1v) is 6.13. The number of nitrogens with zero attached hydrogens (tertiary/aromatic N) is 1. The number of rotatable bonds is 4. The van der Waals surface area contributed by atoms with E-state index in [9.17, 15) is 4.79 Å². The van der Waals surface area contributed by atoms with Crippen LogP contribution >= 0.6 is 0 Å². The number of nitrogens with one attached hydrogen (secondary N) is 1. The van der Waals surface area contributed by atoms with E-state index in [2.05, 4.69) is 17.4 Å². The molecule has 0 bridgehead atoms. The Morgan fingerprint density at radius 3 is 2.78 bits per heavy atom. The van der Waals surface area contributed by atoms with Crippen molar-refractivity contribution in [2.45, 2.75) is 20.4 Å². The molecule has 96 valence electrons. The summed E-state index contributed by atoms with van der Waals surface area (Å²) in [6.45, 7) is 5.47.